The Kier molecular flexibility index (Phi) is 6.40. The molecule has 1 aromatic heterocycles. The molecule has 0 aliphatic rings. The van der Waals surface area contributed by atoms with Gasteiger partial charge in [0.15, 0.2) is 0 Å². The summed E-state index contributed by atoms with van der Waals surface area (Å²) in [5.74, 6) is -1.20. The number of aromatic carboxylic acids is 1. The molecule has 0 radical (unpaired) electrons. The number of nitrogens with zero attached hydrogens (tertiary/aromatic N) is 1. The van der Waals surface area contributed by atoms with Gasteiger partial charge in [0.1, 0.15) is 28.5 Å². The lowest BCUT2D eigenvalue weighted by molar-refractivity contribution is 0.0699. The van der Waals surface area contributed by atoms with E-state index < -0.39 is 16.0 Å². The number of methoxy groups -OCH3 is 1. The van der Waals surface area contributed by atoms with Crippen LogP contribution in [-0.4, -0.2) is 39.4 Å². The lowest BCUT2D eigenvalue weighted by Gasteiger charge is -2.22. The Labute approximate surface area is 201 Å². The number of carboxylic acids is 1. The van der Waals surface area contributed by atoms with Gasteiger partial charge in [-0.25, -0.2) is 17.6 Å². The van der Waals surface area contributed by atoms with Crippen molar-refractivity contribution >= 4 is 44.0 Å². The van der Waals surface area contributed by atoms with Crippen LogP contribution in [0.15, 0.2) is 65.1 Å². The molecule has 0 fully saturated rings. The highest BCUT2D eigenvalue weighted by Gasteiger charge is 2.26. The molecule has 0 aliphatic heterocycles. The van der Waals surface area contributed by atoms with E-state index >= 15 is 0 Å². The number of hydrogen-bond acceptors (Lipinski definition) is 6. The van der Waals surface area contributed by atoms with Gasteiger partial charge in [0.05, 0.1) is 19.1 Å². The Hall–Kier alpha value is -4.05. The van der Waals surface area contributed by atoms with Gasteiger partial charge in [0.2, 0.25) is 10.0 Å². The van der Waals surface area contributed by atoms with E-state index in [4.69, 9.17) is 9.15 Å². The molecule has 0 spiro atoms. The number of carboxylic acid groups (broad SMARTS) is 1. The first-order chi connectivity index (χ1) is 16.6. The number of benzene rings is 3. The van der Waals surface area contributed by atoms with Crippen molar-refractivity contribution in [3.8, 4) is 17.1 Å². The summed E-state index contributed by atoms with van der Waals surface area (Å²) >= 11 is 0. The van der Waals surface area contributed by atoms with Crippen molar-refractivity contribution in [1.29, 1.82) is 0 Å². The number of carbonyl (C=O) groups is 1. The summed E-state index contributed by atoms with van der Waals surface area (Å²) < 4.78 is 50.2. The first-order valence-electron chi connectivity index (χ1n) is 10.6. The molecule has 0 saturated carbocycles. The van der Waals surface area contributed by atoms with Crippen LogP contribution in [0.5, 0.6) is 5.75 Å². The number of halogens is 1. The van der Waals surface area contributed by atoms with E-state index in [0.717, 1.165) is 10.6 Å². The first kappa shape index (κ1) is 24.1. The Morgan fingerprint density at radius 2 is 1.69 bits per heavy atom. The minimum Gasteiger partial charge on any atom is -0.495 e. The zero-order valence-corrected chi connectivity index (χ0v) is 20.0. The first-order valence-corrected chi connectivity index (χ1v) is 12.5. The Morgan fingerprint density at radius 3 is 2.20 bits per heavy atom. The van der Waals surface area contributed by atoms with Crippen LogP contribution in [0, 0.1) is 5.82 Å². The topological polar surface area (TPSA) is 109 Å². The van der Waals surface area contributed by atoms with E-state index in [0.29, 0.717) is 16.9 Å². The molecule has 0 saturated heterocycles. The molecule has 0 amide bonds. The van der Waals surface area contributed by atoms with Gasteiger partial charge < -0.3 is 19.6 Å². The fraction of sp³-hybridized carbons (Fsp3) is 0.160. The number of sulfonamides is 1. The van der Waals surface area contributed by atoms with Crippen LogP contribution in [0.3, 0.4) is 0 Å². The maximum atomic E-state index is 13.1. The van der Waals surface area contributed by atoms with Crippen molar-refractivity contribution in [2.75, 3.05) is 29.5 Å². The SMILES string of the molecule is CCN(c1cc2oc(-c3ccc(Nc4ccc(F)cc4)cc3)c(C(=O)O)c2cc1OC)S(C)(=O)=O. The number of furan rings is 1. The van der Waals surface area contributed by atoms with E-state index in [1.807, 2.05) is 0 Å². The highest BCUT2D eigenvalue weighted by atomic mass is 32.2. The van der Waals surface area contributed by atoms with Gasteiger partial charge >= 0.3 is 5.97 Å². The monoisotopic (exact) mass is 498 g/mol. The predicted octanol–water partition coefficient (Wildman–Crippen LogP) is 5.48. The number of rotatable bonds is 8. The zero-order chi connectivity index (χ0) is 25.3. The van der Waals surface area contributed by atoms with Crippen molar-refractivity contribution in [3.63, 3.8) is 0 Å². The standard InChI is InChI=1S/C25H23FN2O6S/c1-4-28(35(3,31)32)20-14-21-19(13-22(20)33-2)23(25(29)30)24(34-21)15-5-9-17(10-6-15)27-18-11-7-16(26)8-12-18/h5-14,27H,4H2,1-3H3,(H,29,30). The van der Waals surface area contributed by atoms with Crippen LogP contribution in [0.1, 0.15) is 17.3 Å². The molecule has 8 nitrogen and oxygen atoms in total. The lowest BCUT2D eigenvalue weighted by atomic mass is 10.0. The highest BCUT2D eigenvalue weighted by molar-refractivity contribution is 7.92. The van der Waals surface area contributed by atoms with Crippen molar-refractivity contribution in [3.05, 3.63) is 72.0 Å². The molecule has 0 bridgehead atoms. The lowest BCUT2D eigenvalue weighted by Crippen LogP contribution is -2.29. The quantitative estimate of drug-likeness (QED) is 0.331. The predicted molar refractivity (Wildman–Crippen MR) is 133 cm³/mol. The second kappa shape index (κ2) is 9.30. The van der Waals surface area contributed by atoms with Crippen LogP contribution >= 0.6 is 0 Å². The average molecular weight is 499 g/mol. The fourth-order valence-corrected chi connectivity index (χ4v) is 4.84. The maximum Gasteiger partial charge on any atom is 0.340 e. The van der Waals surface area contributed by atoms with Gasteiger partial charge in [-0.3, -0.25) is 4.31 Å². The molecule has 3 aromatic carbocycles. The summed E-state index contributed by atoms with van der Waals surface area (Å²) in [6, 6.07) is 15.7. The third kappa shape index (κ3) is 4.78. The Balaban J connectivity index is 1.79. The molecular formula is C25H23FN2O6S. The summed E-state index contributed by atoms with van der Waals surface area (Å²) in [4.78, 5) is 12.2. The molecule has 0 atom stereocenters. The van der Waals surface area contributed by atoms with Gasteiger partial charge in [-0.05, 0) is 61.5 Å². The number of hydrogen-bond donors (Lipinski definition) is 2. The van der Waals surface area contributed by atoms with Gasteiger partial charge in [-0.2, -0.15) is 0 Å². The summed E-state index contributed by atoms with van der Waals surface area (Å²) in [6.45, 7) is 1.84. The van der Waals surface area contributed by atoms with E-state index in [1.165, 1.54) is 31.4 Å². The number of nitrogens with one attached hydrogen (secondary N) is 1. The van der Waals surface area contributed by atoms with Crippen LogP contribution in [0.4, 0.5) is 21.5 Å². The third-order valence-electron chi connectivity index (χ3n) is 5.44. The minimum absolute atomic E-state index is 0.0634. The zero-order valence-electron chi connectivity index (χ0n) is 19.2. The van der Waals surface area contributed by atoms with Crippen molar-refractivity contribution < 1.29 is 31.9 Å². The second-order valence-electron chi connectivity index (χ2n) is 7.77. The minimum atomic E-state index is -3.61. The second-order valence-corrected chi connectivity index (χ2v) is 9.68. The fourth-order valence-electron chi connectivity index (χ4n) is 3.87. The maximum absolute atomic E-state index is 13.1. The highest BCUT2D eigenvalue weighted by Crippen LogP contribution is 2.41. The smallest absolute Gasteiger partial charge is 0.340 e. The van der Waals surface area contributed by atoms with E-state index in [2.05, 4.69) is 5.32 Å². The third-order valence-corrected chi connectivity index (χ3v) is 6.70. The average Bonchev–Trinajstić information content (AvgIpc) is 3.18. The van der Waals surface area contributed by atoms with Crippen LogP contribution in [0.2, 0.25) is 0 Å². The summed E-state index contributed by atoms with van der Waals surface area (Å²) in [5.41, 5.74) is 2.32. The molecule has 4 rings (SSSR count). The molecule has 182 valence electrons. The van der Waals surface area contributed by atoms with E-state index in [-0.39, 0.29) is 46.1 Å². The normalized spacial score (nSPS) is 11.4. The summed E-state index contributed by atoms with van der Waals surface area (Å²) in [6.07, 6.45) is 1.08. The molecule has 0 aliphatic carbocycles. The number of fused-ring (bicyclic) bond motifs is 1. The van der Waals surface area contributed by atoms with Gasteiger partial charge in [0, 0.05) is 34.9 Å². The molecule has 35 heavy (non-hydrogen) atoms. The van der Waals surface area contributed by atoms with E-state index in [9.17, 15) is 22.7 Å². The van der Waals surface area contributed by atoms with Gasteiger partial charge in [-0.1, -0.05) is 0 Å². The number of anilines is 3. The van der Waals surface area contributed by atoms with E-state index in [1.54, 1.807) is 43.3 Å². The molecule has 10 heteroatoms. The van der Waals surface area contributed by atoms with Crippen molar-refractivity contribution in [1.82, 2.24) is 0 Å². The van der Waals surface area contributed by atoms with Gasteiger partial charge in [-0.15, -0.1) is 0 Å². The Bertz CT molecular complexity index is 1500. The Morgan fingerprint density at radius 1 is 1.09 bits per heavy atom. The number of ether oxygens (including phenoxy) is 1. The molecular weight excluding hydrogens is 475 g/mol. The largest absolute Gasteiger partial charge is 0.495 e. The summed E-state index contributed by atoms with van der Waals surface area (Å²) in [7, 11) is -2.22. The van der Waals surface area contributed by atoms with Crippen molar-refractivity contribution in [2.24, 2.45) is 0 Å². The van der Waals surface area contributed by atoms with Gasteiger partial charge in [0.25, 0.3) is 0 Å². The molecule has 0 unspecified atom stereocenters. The van der Waals surface area contributed by atoms with Crippen LogP contribution in [0.25, 0.3) is 22.3 Å². The summed E-state index contributed by atoms with van der Waals surface area (Å²) in [5, 5.41) is 13.4. The van der Waals surface area contributed by atoms with Crippen LogP contribution in [-0.2, 0) is 10.0 Å². The van der Waals surface area contributed by atoms with Crippen LogP contribution < -0.4 is 14.4 Å². The molecule has 2 N–H and O–H groups in total. The van der Waals surface area contributed by atoms with Crippen molar-refractivity contribution in [2.45, 2.75) is 6.92 Å². The molecule has 1 heterocycles. The molecule has 4 aromatic rings.